The van der Waals surface area contributed by atoms with Gasteiger partial charge in [0, 0.05) is 6.42 Å². The Morgan fingerprint density at radius 2 is 1.40 bits per heavy atom. The molecule has 2 nitrogen and oxygen atoms in total. The molecular formula is C3H6N2. The SMILES string of the molecule is C1C2NC1N2. The van der Waals surface area contributed by atoms with Gasteiger partial charge >= 0.3 is 0 Å². The van der Waals surface area contributed by atoms with Crippen molar-refractivity contribution < 1.29 is 0 Å². The molecule has 2 heteroatoms. The number of nitrogens with one attached hydrogen (secondary N) is 2. The third kappa shape index (κ3) is 0.102. The van der Waals surface area contributed by atoms with Gasteiger partial charge in [-0.15, -0.1) is 0 Å². The van der Waals surface area contributed by atoms with Crippen molar-refractivity contribution in [1.82, 2.24) is 10.6 Å². The maximum absolute atomic E-state index is 3.19. The predicted octanol–water partition coefficient (Wildman–Crippen LogP) is -0.765. The summed E-state index contributed by atoms with van der Waals surface area (Å²) < 4.78 is 0. The molecule has 0 saturated carbocycles. The van der Waals surface area contributed by atoms with E-state index in [1.807, 2.05) is 0 Å². The van der Waals surface area contributed by atoms with Crippen LogP contribution in [0.25, 0.3) is 0 Å². The first-order valence-corrected chi connectivity index (χ1v) is 1.97. The van der Waals surface area contributed by atoms with Gasteiger partial charge in [0.1, 0.15) is 0 Å². The highest BCUT2D eigenvalue weighted by Crippen LogP contribution is 2.17. The van der Waals surface area contributed by atoms with E-state index in [1.165, 1.54) is 6.42 Å². The molecule has 3 heterocycles. The van der Waals surface area contributed by atoms with Crippen molar-refractivity contribution in [2.75, 3.05) is 0 Å². The Kier molecular flexibility index (Phi) is 0.181. The van der Waals surface area contributed by atoms with Crippen LogP contribution >= 0.6 is 0 Å². The minimum Gasteiger partial charge on any atom is -0.286 e. The Morgan fingerprint density at radius 1 is 1.20 bits per heavy atom. The second-order valence-corrected chi connectivity index (χ2v) is 1.67. The Hall–Kier alpha value is -0.0800. The Bertz CT molecular complexity index is 41.6. The quantitative estimate of drug-likeness (QED) is 0.391. The van der Waals surface area contributed by atoms with E-state index in [0.717, 1.165) is 0 Å². The molecule has 0 radical (unpaired) electrons. The van der Waals surface area contributed by atoms with Gasteiger partial charge in [0.25, 0.3) is 0 Å². The van der Waals surface area contributed by atoms with Crippen molar-refractivity contribution in [2.45, 2.75) is 18.8 Å². The summed E-state index contributed by atoms with van der Waals surface area (Å²) in [6, 6.07) is 0. The topological polar surface area (TPSA) is 24.1 Å². The van der Waals surface area contributed by atoms with Crippen molar-refractivity contribution >= 4 is 0 Å². The highest BCUT2D eigenvalue weighted by atomic mass is 15.4. The zero-order valence-corrected chi connectivity index (χ0v) is 2.86. The Morgan fingerprint density at radius 3 is 1.40 bits per heavy atom. The first-order chi connectivity index (χ1) is 2.45. The largest absolute Gasteiger partial charge is 0.286 e. The smallest absolute Gasteiger partial charge is 0.0623 e. The lowest BCUT2D eigenvalue weighted by molar-refractivity contribution is 0.0432. The van der Waals surface area contributed by atoms with Crippen molar-refractivity contribution in [3.63, 3.8) is 0 Å². The average Bonchev–Trinajstić information content (AvgIpc) is 0.592. The maximum atomic E-state index is 3.19. The molecule has 0 spiro atoms. The van der Waals surface area contributed by atoms with E-state index in [1.54, 1.807) is 0 Å². The summed E-state index contributed by atoms with van der Waals surface area (Å²) in [6.45, 7) is 0. The van der Waals surface area contributed by atoms with Crippen molar-refractivity contribution in [2.24, 2.45) is 0 Å². The molecule has 0 aromatic heterocycles. The van der Waals surface area contributed by atoms with Crippen LogP contribution < -0.4 is 10.6 Å². The van der Waals surface area contributed by atoms with E-state index in [2.05, 4.69) is 10.6 Å². The fourth-order valence-electron chi connectivity index (χ4n) is 0.673. The summed E-state index contributed by atoms with van der Waals surface area (Å²) in [5.41, 5.74) is 0. The van der Waals surface area contributed by atoms with Crippen LogP contribution in [0.1, 0.15) is 6.42 Å². The van der Waals surface area contributed by atoms with Gasteiger partial charge in [0.05, 0.1) is 12.3 Å². The van der Waals surface area contributed by atoms with Gasteiger partial charge < -0.3 is 0 Å². The summed E-state index contributed by atoms with van der Waals surface area (Å²) in [5, 5.41) is 6.39. The van der Waals surface area contributed by atoms with E-state index in [-0.39, 0.29) is 0 Å². The third-order valence-electron chi connectivity index (χ3n) is 1.28. The summed E-state index contributed by atoms with van der Waals surface area (Å²) in [7, 11) is 0. The molecule has 3 fully saturated rings. The number of hydrogen-bond acceptors (Lipinski definition) is 2. The van der Waals surface area contributed by atoms with Crippen LogP contribution in [0.2, 0.25) is 0 Å². The van der Waals surface area contributed by atoms with E-state index < -0.39 is 0 Å². The zero-order valence-electron chi connectivity index (χ0n) is 2.86. The van der Waals surface area contributed by atoms with Gasteiger partial charge in [0.15, 0.2) is 0 Å². The summed E-state index contributed by atoms with van der Waals surface area (Å²) in [5.74, 6) is 0. The van der Waals surface area contributed by atoms with Crippen LogP contribution in [0.5, 0.6) is 0 Å². The van der Waals surface area contributed by atoms with Gasteiger partial charge in [-0.3, -0.25) is 10.6 Å². The summed E-state index contributed by atoms with van der Waals surface area (Å²) >= 11 is 0. The Balaban J connectivity index is 2.19. The second-order valence-electron chi connectivity index (χ2n) is 1.67. The molecule has 3 rings (SSSR count). The molecule has 3 aliphatic heterocycles. The molecule has 0 aromatic rings. The molecule has 2 bridgehead atoms. The predicted molar refractivity (Wildman–Crippen MR) is 18.5 cm³/mol. The van der Waals surface area contributed by atoms with Gasteiger partial charge in [-0.1, -0.05) is 0 Å². The van der Waals surface area contributed by atoms with Crippen molar-refractivity contribution in [3.05, 3.63) is 0 Å². The van der Waals surface area contributed by atoms with Crippen LogP contribution in [-0.2, 0) is 0 Å². The number of hydrogen-bond donors (Lipinski definition) is 2. The fraction of sp³-hybridized carbons (Fsp3) is 1.00. The second kappa shape index (κ2) is 0.420. The molecule has 0 aliphatic carbocycles. The monoisotopic (exact) mass is 70.1 g/mol. The molecule has 28 valence electrons. The fourth-order valence-corrected chi connectivity index (χ4v) is 0.673. The van der Waals surface area contributed by atoms with Crippen LogP contribution in [0.3, 0.4) is 0 Å². The molecule has 2 N–H and O–H groups in total. The van der Waals surface area contributed by atoms with E-state index in [9.17, 15) is 0 Å². The lowest BCUT2D eigenvalue weighted by atomic mass is 10.0. The first-order valence-electron chi connectivity index (χ1n) is 1.97. The molecule has 0 unspecified atom stereocenters. The summed E-state index contributed by atoms with van der Waals surface area (Å²) in [4.78, 5) is 0. The van der Waals surface area contributed by atoms with Crippen molar-refractivity contribution in [3.8, 4) is 0 Å². The molecule has 0 atom stereocenters. The van der Waals surface area contributed by atoms with Gasteiger partial charge in [-0.2, -0.15) is 0 Å². The van der Waals surface area contributed by atoms with Crippen molar-refractivity contribution in [1.29, 1.82) is 0 Å². The molecule has 3 saturated heterocycles. The molecule has 0 aromatic carbocycles. The third-order valence-corrected chi connectivity index (χ3v) is 1.28. The van der Waals surface area contributed by atoms with Crippen LogP contribution in [0.4, 0.5) is 0 Å². The van der Waals surface area contributed by atoms with E-state index in [4.69, 9.17) is 0 Å². The van der Waals surface area contributed by atoms with E-state index in [0.29, 0.717) is 12.3 Å². The van der Waals surface area contributed by atoms with Crippen LogP contribution in [-0.4, -0.2) is 12.3 Å². The van der Waals surface area contributed by atoms with Gasteiger partial charge in [-0.25, -0.2) is 0 Å². The highest BCUT2D eigenvalue weighted by molar-refractivity contribution is 4.97. The molecule has 3 aliphatic rings. The maximum Gasteiger partial charge on any atom is 0.0623 e. The lowest BCUT2D eigenvalue weighted by Gasteiger charge is -2.52. The van der Waals surface area contributed by atoms with Gasteiger partial charge in [0.2, 0.25) is 0 Å². The average molecular weight is 70.1 g/mol. The highest BCUT2D eigenvalue weighted by Gasteiger charge is 2.39. The molecule has 0 amide bonds. The Labute approximate surface area is 30.6 Å². The zero-order chi connectivity index (χ0) is 3.28. The van der Waals surface area contributed by atoms with Crippen LogP contribution in [0, 0.1) is 0 Å². The van der Waals surface area contributed by atoms with Crippen LogP contribution in [0.15, 0.2) is 0 Å². The normalized spacial score (nSPS) is 57.6. The standard InChI is InChI=1S/C3H6N2/c1-2-4-3(1)5-2/h2-5H,1H2. The molecule has 5 heavy (non-hydrogen) atoms. The molecular weight excluding hydrogens is 64.0 g/mol. The van der Waals surface area contributed by atoms with E-state index >= 15 is 0 Å². The van der Waals surface area contributed by atoms with Gasteiger partial charge in [-0.05, 0) is 0 Å². The minimum absolute atomic E-state index is 0.708. The number of rotatable bonds is 0. The first kappa shape index (κ1) is 2.16. The minimum atomic E-state index is 0.708. The summed E-state index contributed by atoms with van der Waals surface area (Å²) in [6.07, 6.45) is 2.78. The lowest BCUT2D eigenvalue weighted by Crippen LogP contribution is -2.80.